The molecule has 20 atom stereocenters. The van der Waals surface area contributed by atoms with Crippen molar-refractivity contribution < 1.29 is 85.4 Å². The van der Waals surface area contributed by atoms with Crippen LogP contribution in [-0.4, -0.2) is 189 Å². The lowest BCUT2D eigenvalue weighted by Gasteiger charge is -2.34. The van der Waals surface area contributed by atoms with E-state index < -0.39 is 122 Å². The Hall–Kier alpha value is -2.38. The molecule has 16 unspecified atom stereocenters. The lowest BCUT2D eigenvalue weighted by atomic mass is 9.83. The predicted octanol–water partition coefficient (Wildman–Crippen LogP) is 3.03. The van der Waals surface area contributed by atoms with Gasteiger partial charge in [-0.2, -0.15) is 0 Å². The average Bonchev–Trinajstić information content (AvgIpc) is 3.63. The van der Waals surface area contributed by atoms with E-state index in [9.17, 15) is 71.2 Å². The zero-order valence-corrected chi connectivity index (χ0v) is 47.4. The van der Waals surface area contributed by atoms with Crippen LogP contribution in [0.4, 0.5) is 0 Å². The lowest BCUT2D eigenvalue weighted by molar-refractivity contribution is -0.202. The maximum atomic E-state index is 14.4. The standard InChI is InChI=1S/C57H107N3O17/c1-7-8-9-10-21-45-51(71)35(3)24-25-40(63)19-13-18-39(62)20-14-22-46(68)36(4)28-49(75-56-53(73)52(72)50(33-61)76-56)48(70)32-44(67)31-43(66)30-42(65)29-41(64)17-12-11-16-34(2)27-37(5)54(77-55(45)74)38(6)47(69)23-15-26-60-57(58)59/h27-28,35,37-54,56,61-73H,7-26,29-33H2,1-6H3,(H4,58,59,60)/b34-27+,36-28+/t35?,37?,38?,39?,40?,41?,42?,43?,44?,45?,46?,47?,48?,49?,50-,51?,52-,53+,54?,56+/m1/s1. The van der Waals surface area contributed by atoms with Crippen LogP contribution in [0.1, 0.15) is 189 Å². The van der Waals surface area contributed by atoms with Gasteiger partial charge in [0.15, 0.2) is 12.2 Å². The number of nitrogens with two attached hydrogens (primary N) is 2. The highest BCUT2D eigenvalue weighted by Gasteiger charge is 2.45. The first-order chi connectivity index (χ1) is 36.4. The Morgan fingerprint density at radius 3 is 1.92 bits per heavy atom. The van der Waals surface area contributed by atoms with E-state index in [-0.39, 0.29) is 49.9 Å². The Morgan fingerprint density at radius 2 is 1.31 bits per heavy atom. The number of allylic oxidation sites excluding steroid dienone is 1. The van der Waals surface area contributed by atoms with E-state index in [1.54, 1.807) is 6.92 Å². The van der Waals surface area contributed by atoms with E-state index in [2.05, 4.69) is 11.9 Å². The summed E-state index contributed by atoms with van der Waals surface area (Å²) < 4.78 is 17.8. The molecule has 0 aromatic heterocycles. The smallest absolute Gasteiger partial charge is 0.311 e. The Morgan fingerprint density at radius 1 is 0.714 bits per heavy atom. The number of esters is 1. The molecule has 0 amide bonds. The number of aliphatic imine (C=N–C) groups is 1. The van der Waals surface area contributed by atoms with Crippen LogP contribution in [0.2, 0.25) is 0 Å². The maximum absolute atomic E-state index is 14.4. The van der Waals surface area contributed by atoms with Gasteiger partial charge in [0.25, 0.3) is 0 Å². The molecule has 20 heteroatoms. The summed E-state index contributed by atoms with van der Waals surface area (Å²) in [7, 11) is 0. The van der Waals surface area contributed by atoms with Crippen LogP contribution in [-0.2, 0) is 19.0 Å². The van der Waals surface area contributed by atoms with Gasteiger partial charge in [0.05, 0.1) is 73.6 Å². The summed E-state index contributed by atoms with van der Waals surface area (Å²) in [6, 6.07) is 0. The van der Waals surface area contributed by atoms with Gasteiger partial charge in [-0.1, -0.05) is 77.5 Å². The number of nitrogens with zero attached hydrogens (tertiary/aromatic N) is 1. The summed E-state index contributed by atoms with van der Waals surface area (Å²) in [5, 5.41) is 142. The van der Waals surface area contributed by atoms with E-state index >= 15 is 0 Å². The quantitative estimate of drug-likeness (QED) is 0.0391. The third-order valence-corrected chi connectivity index (χ3v) is 15.7. The largest absolute Gasteiger partial charge is 0.461 e. The number of unbranched alkanes of at least 4 members (excludes halogenated alkanes) is 3. The van der Waals surface area contributed by atoms with Crippen molar-refractivity contribution in [3.8, 4) is 0 Å². The Bertz CT molecular complexity index is 1670. The molecule has 2 heterocycles. The van der Waals surface area contributed by atoms with Crippen LogP contribution < -0.4 is 11.5 Å². The first kappa shape index (κ1) is 70.7. The van der Waals surface area contributed by atoms with Crippen molar-refractivity contribution in [2.75, 3.05) is 13.2 Å². The first-order valence-electron chi connectivity index (χ1n) is 29.1. The Labute approximate surface area is 459 Å². The highest BCUT2D eigenvalue weighted by molar-refractivity contribution is 5.75. The van der Waals surface area contributed by atoms with Gasteiger partial charge in [0.1, 0.15) is 30.5 Å². The number of carbonyl (C=O) groups excluding carboxylic acids is 1. The summed E-state index contributed by atoms with van der Waals surface area (Å²) >= 11 is 0. The van der Waals surface area contributed by atoms with Gasteiger partial charge < -0.3 is 92.1 Å². The minimum atomic E-state index is -1.59. The van der Waals surface area contributed by atoms with Crippen LogP contribution in [0.5, 0.6) is 0 Å². The van der Waals surface area contributed by atoms with Crippen molar-refractivity contribution >= 4 is 11.9 Å². The topological polar surface area (TPSA) is 372 Å². The van der Waals surface area contributed by atoms with Crippen LogP contribution in [0.15, 0.2) is 28.3 Å². The fourth-order valence-electron chi connectivity index (χ4n) is 10.7. The third-order valence-electron chi connectivity index (χ3n) is 15.7. The normalized spacial score (nSPS) is 38.0. The number of rotatable bonds is 14. The summed E-state index contributed by atoms with van der Waals surface area (Å²) in [4.78, 5) is 18.4. The molecule has 2 aliphatic heterocycles. The summed E-state index contributed by atoms with van der Waals surface area (Å²) in [6.45, 7) is 11.0. The van der Waals surface area contributed by atoms with E-state index in [0.717, 1.165) is 24.8 Å². The minimum Gasteiger partial charge on any atom is -0.461 e. The van der Waals surface area contributed by atoms with Gasteiger partial charge in [0.2, 0.25) is 0 Å². The van der Waals surface area contributed by atoms with E-state index in [1.807, 2.05) is 33.8 Å². The van der Waals surface area contributed by atoms with Crippen LogP contribution in [0, 0.1) is 23.7 Å². The molecule has 452 valence electrons. The second-order valence-electron chi connectivity index (χ2n) is 22.9. The molecular formula is C57H107N3O17. The van der Waals surface area contributed by atoms with Crippen LogP contribution >= 0.6 is 0 Å². The van der Waals surface area contributed by atoms with E-state index in [1.165, 1.54) is 6.08 Å². The first-order valence-corrected chi connectivity index (χ1v) is 29.1. The van der Waals surface area contributed by atoms with Crippen molar-refractivity contribution in [3.63, 3.8) is 0 Å². The Kier molecular flexibility index (Phi) is 35.2. The average molecular weight is 1110 g/mol. The van der Waals surface area contributed by atoms with Crippen molar-refractivity contribution in [3.05, 3.63) is 23.3 Å². The number of carbonyl (C=O) groups is 1. The van der Waals surface area contributed by atoms with Gasteiger partial charge in [-0.3, -0.25) is 9.79 Å². The maximum Gasteiger partial charge on any atom is 0.311 e. The minimum absolute atomic E-state index is 0.0262. The molecular weight excluding hydrogens is 999 g/mol. The van der Waals surface area contributed by atoms with Gasteiger partial charge in [-0.15, -0.1) is 0 Å². The monoisotopic (exact) mass is 1110 g/mol. The Balaban J connectivity index is 2.37. The number of hydrogen-bond acceptors (Lipinski definition) is 18. The number of aliphatic hydroxyl groups excluding tert-OH is 13. The molecule has 0 aromatic carbocycles. The third kappa shape index (κ3) is 27.8. The van der Waals surface area contributed by atoms with Gasteiger partial charge in [0, 0.05) is 24.8 Å². The van der Waals surface area contributed by atoms with E-state index in [0.29, 0.717) is 108 Å². The zero-order valence-electron chi connectivity index (χ0n) is 47.4. The van der Waals surface area contributed by atoms with E-state index in [4.69, 9.17) is 25.7 Å². The number of ether oxygens (including phenoxy) is 3. The molecule has 2 rings (SSSR count). The van der Waals surface area contributed by atoms with Crippen molar-refractivity contribution in [1.82, 2.24) is 0 Å². The molecule has 1 saturated heterocycles. The zero-order chi connectivity index (χ0) is 57.8. The highest BCUT2D eigenvalue weighted by atomic mass is 16.7. The summed E-state index contributed by atoms with van der Waals surface area (Å²) in [5.74, 6) is -2.63. The SMILES string of the molecule is CCCCCCC1C(=O)OC(C(C)C(O)CCCN=C(N)N)C(C)/C=C(\C)CCCCC(O)CC(O)CC(O)CC(O)CC(O)C(O[C@H]2O[C@H](CO)[C@@H](O)[C@@H]2O)/C=C(\C)C(O)CCCC(O)CCCC(O)CCC(C)C1O. The number of hydrogen-bond donors (Lipinski definition) is 15. The number of guanidine groups is 1. The second kappa shape index (κ2) is 38.3. The molecule has 2 aliphatic rings. The van der Waals surface area contributed by atoms with Gasteiger partial charge in [-0.25, -0.2) is 0 Å². The molecule has 0 aliphatic carbocycles. The van der Waals surface area contributed by atoms with Crippen LogP contribution in [0.3, 0.4) is 0 Å². The van der Waals surface area contributed by atoms with Crippen LogP contribution in [0.25, 0.3) is 0 Å². The summed E-state index contributed by atoms with van der Waals surface area (Å²) in [5.41, 5.74) is 12.4. The number of cyclic esters (lactones) is 1. The molecule has 77 heavy (non-hydrogen) atoms. The van der Waals surface area contributed by atoms with Gasteiger partial charge in [-0.05, 0) is 134 Å². The molecule has 0 bridgehead atoms. The second-order valence-corrected chi connectivity index (χ2v) is 22.9. The fourth-order valence-corrected chi connectivity index (χ4v) is 10.7. The lowest BCUT2D eigenvalue weighted by Crippen LogP contribution is -2.42. The molecule has 0 radical (unpaired) electrons. The molecule has 0 aromatic rings. The number of aliphatic hydroxyl groups is 13. The molecule has 0 spiro atoms. The summed E-state index contributed by atoms with van der Waals surface area (Å²) in [6.07, 6.45) is -5.29. The van der Waals surface area contributed by atoms with Crippen molar-refractivity contribution in [2.24, 2.45) is 40.1 Å². The van der Waals surface area contributed by atoms with Crippen molar-refractivity contribution in [1.29, 1.82) is 0 Å². The molecule has 20 nitrogen and oxygen atoms in total. The molecule has 0 saturated carbocycles. The fraction of sp³-hybridized carbons (Fsp3) is 0.895. The predicted molar refractivity (Wildman–Crippen MR) is 294 cm³/mol. The molecule has 17 N–H and O–H groups in total. The van der Waals surface area contributed by atoms with Gasteiger partial charge >= 0.3 is 5.97 Å². The molecule has 1 fully saturated rings. The highest BCUT2D eigenvalue weighted by Crippen LogP contribution is 2.32. The van der Waals surface area contributed by atoms with Crippen molar-refractivity contribution in [2.45, 2.75) is 287 Å².